The maximum Gasteiger partial charge on any atom is 0.406 e. The van der Waals surface area contributed by atoms with Crippen molar-refractivity contribution in [1.29, 1.82) is 0 Å². The fraction of sp³-hybridized carbons (Fsp3) is 0.346. The van der Waals surface area contributed by atoms with Crippen molar-refractivity contribution in [3.05, 3.63) is 178 Å². The molecule has 0 radical (unpaired) electrons. The van der Waals surface area contributed by atoms with Crippen molar-refractivity contribution in [1.82, 2.24) is 49.1 Å². The predicted molar refractivity (Wildman–Crippen MR) is 279 cm³/mol. The number of aromatic nitrogens is 10. The molecule has 75 heavy (non-hydrogen) atoms. The van der Waals surface area contributed by atoms with Crippen LogP contribution in [0.1, 0.15) is 99.0 Å². The van der Waals surface area contributed by atoms with Gasteiger partial charge in [0, 0.05) is 104 Å². The van der Waals surface area contributed by atoms with Gasteiger partial charge in [0.1, 0.15) is 17.7 Å². The molecule has 0 bridgehead atoms. The van der Waals surface area contributed by atoms with Crippen LogP contribution in [0.3, 0.4) is 0 Å². The number of hydrogen-bond donors (Lipinski definition) is 1. The summed E-state index contributed by atoms with van der Waals surface area (Å²) >= 11 is 6.20. The maximum absolute atomic E-state index is 14.4. The van der Waals surface area contributed by atoms with E-state index in [9.17, 15) is 38.5 Å². The van der Waals surface area contributed by atoms with Crippen LogP contribution in [0.15, 0.2) is 107 Å². The first kappa shape index (κ1) is 54.2. The minimum atomic E-state index is -0.940. The Morgan fingerprint density at radius 1 is 0.667 bits per heavy atom. The van der Waals surface area contributed by atoms with Crippen LogP contribution in [0, 0.1) is 49.5 Å². The fourth-order valence-electron chi connectivity index (χ4n) is 8.34. The van der Waals surface area contributed by atoms with Crippen LogP contribution in [-0.4, -0.2) is 64.0 Å². The van der Waals surface area contributed by atoms with Crippen molar-refractivity contribution in [2.75, 3.05) is 0 Å². The van der Waals surface area contributed by atoms with Crippen molar-refractivity contribution in [3.8, 4) is 28.3 Å². The van der Waals surface area contributed by atoms with Crippen LogP contribution in [0.4, 0.5) is 24.8 Å². The summed E-state index contributed by atoms with van der Waals surface area (Å²) in [5.74, 6) is -1.40. The van der Waals surface area contributed by atoms with E-state index < -0.39 is 45.3 Å². The van der Waals surface area contributed by atoms with Gasteiger partial charge in [0.15, 0.2) is 12.4 Å². The second-order valence-electron chi connectivity index (χ2n) is 18.4. The Labute approximate surface area is 446 Å². The Morgan fingerprint density at radius 3 is 1.59 bits per heavy atom. The van der Waals surface area contributed by atoms with Crippen LogP contribution in [0.2, 0.25) is 0 Å². The van der Waals surface area contributed by atoms with Crippen LogP contribution in [-0.2, 0) is 39.0 Å². The first-order valence-corrected chi connectivity index (χ1v) is 25.9. The lowest BCUT2D eigenvalue weighted by molar-refractivity contribution is -0.392. The number of nitro groups is 2. The largest absolute Gasteiger partial charge is 0.478 e. The lowest BCUT2D eigenvalue weighted by atomic mass is 9.96. The normalized spacial score (nSPS) is 13.8. The van der Waals surface area contributed by atoms with Gasteiger partial charge in [-0.05, 0) is 170 Å². The molecule has 2 saturated carbocycles. The minimum absolute atomic E-state index is 0.00975. The monoisotopic (exact) mass is 1160 g/mol. The van der Waals surface area contributed by atoms with Crippen LogP contribution < -0.4 is 4.74 Å². The SMILES string of the molecule is CCn1cc(Cc2cnn(CC3CC3)c2)c(-c2ccc(F)cc2[C@@H](C)O)n1.CCn1cc(Cc2cnn(CC3CC3)c2)c(-c2ccc(F)cc2[C@@H](C)Oc2cc(Br)cnc2[N+](=O)[O-])n1.O=[N+]([O-])c1ncc(Br)cc1F. The molecule has 0 saturated heterocycles. The third-order valence-electron chi connectivity index (χ3n) is 12.4. The zero-order chi connectivity index (χ0) is 53.5. The van der Waals surface area contributed by atoms with E-state index in [4.69, 9.17) is 9.84 Å². The van der Waals surface area contributed by atoms with Crippen LogP contribution in [0.5, 0.6) is 5.75 Å². The number of hydrogen-bond acceptors (Lipinski definition) is 12. The first-order valence-electron chi connectivity index (χ1n) is 24.3. The second-order valence-corrected chi connectivity index (χ2v) is 20.3. The average Bonchev–Trinajstić information content (AvgIpc) is 4.15. The minimum Gasteiger partial charge on any atom is -0.478 e. The van der Waals surface area contributed by atoms with E-state index in [0.717, 1.165) is 71.0 Å². The number of pyridine rings is 2. The highest BCUT2D eigenvalue weighted by Crippen LogP contribution is 2.38. The second kappa shape index (κ2) is 24.0. The summed E-state index contributed by atoms with van der Waals surface area (Å²) in [4.78, 5) is 27.1. The summed E-state index contributed by atoms with van der Waals surface area (Å²) in [5.41, 5.74) is 8.30. The van der Waals surface area contributed by atoms with Gasteiger partial charge >= 0.3 is 11.6 Å². The number of rotatable bonds is 18. The summed E-state index contributed by atoms with van der Waals surface area (Å²) in [5, 5.41) is 50.1. The van der Waals surface area contributed by atoms with Gasteiger partial charge in [-0.25, -0.2) is 8.78 Å². The number of aliphatic hydroxyl groups excluding tert-OH is 1. The third-order valence-corrected chi connectivity index (χ3v) is 13.3. The number of aliphatic hydroxyl groups is 1. The molecule has 0 amide bonds. The zero-order valence-corrected chi connectivity index (χ0v) is 44.5. The number of benzene rings is 2. The van der Waals surface area contributed by atoms with Gasteiger partial charge in [-0.1, -0.05) is 0 Å². The highest BCUT2D eigenvalue weighted by atomic mass is 79.9. The van der Waals surface area contributed by atoms with Gasteiger partial charge in [0.2, 0.25) is 11.6 Å². The average molecular weight is 1160 g/mol. The molecule has 6 heterocycles. The van der Waals surface area contributed by atoms with Crippen molar-refractivity contribution in [2.45, 2.75) is 105 Å². The summed E-state index contributed by atoms with van der Waals surface area (Å²) in [7, 11) is 0. The van der Waals surface area contributed by atoms with Crippen molar-refractivity contribution in [3.63, 3.8) is 0 Å². The fourth-order valence-corrected chi connectivity index (χ4v) is 8.95. The van der Waals surface area contributed by atoms with Gasteiger partial charge in [0.25, 0.3) is 0 Å². The molecular weight excluding hydrogens is 1110 g/mol. The third kappa shape index (κ3) is 14.2. The summed E-state index contributed by atoms with van der Waals surface area (Å²) in [6.07, 6.45) is 19.5. The zero-order valence-electron chi connectivity index (χ0n) is 41.4. The van der Waals surface area contributed by atoms with Gasteiger partial charge in [0.05, 0.1) is 38.8 Å². The lowest BCUT2D eigenvalue weighted by Crippen LogP contribution is -2.08. The Hall–Kier alpha value is -7.11. The smallest absolute Gasteiger partial charge is 0.406 e. The summed E-state index contributed by atoms with van der Waals surface area (Å²) in [6.45, 7) is 10.8. The summed E-state index contributed by atoms with van der Waals surface area (Å²) < 4.78 is 55.4. The molecule has 2 atom stereocenters. The molecule has 6 aromatic heterocycles. The molecule has 2 aromatic carbocycles. The van der Waals surface area contributed by atoms with E-state index >= 15 is 0 Å². The highest BCUT2D eigenvalue weighted by Gasteiger charge is 2.27. The number of ether oxygens (including phenoxy) is 1. The Kier molecular flexibility index (Phi) is 17.4. The van der Waals surface area contributed by atoms with E-state index in [0.29, 0.717) is 50.7 Å². The highest BCUT2D eigenvalue weighted by molar-refractivity contribution is 9.10. The molecule has 0 spiro atoms. The number of aryl methyl sites for hydroxylation is 2. The van der Waals surface area contributed by atoms with Crippen molar-refractivity contribution in [2.24, 2.45) is 11.8 Å². The van der Waals surface area contributed by atoms with Gasteiger partial charge in [-0.3, -0.25) is 18.7 Å². The molecular formula is C52H53Br2F3N12O6. The van der Waals surface area contributed by atoms with E-state index in [1.165, 1.54) is 68.4 Å². The Morgan fingerprint density at radius 2 is 1.13 bits per heavy atom. The Balaban J connectivity index is 0.000000171. The van der Waals surface area contributed by atoms with E-state index in [1.54, 1.807) is 26.0 Å². The van der Waals surface area contributed by atoms with Crippen molar-refractivity contribution >= 4 is 43.5 Å². The molecule has 0 unspecified atom stereocenters. The summed E-state index contributed by atoms with van der Waals surface area (Å²) in [6, 6.07) is 11.4. The quantitative estimate of drug-likeness (QED) is 0.0628. The molecule has 2 fully saturated rings. The van der Waals surface area contributed by atoms with Gasteiger partial charge in [-0.15, -0.1) is 0 Å². The first-order chi connectivity index (χ1) is 35.9. The molecule has 2 aliphatic rings. The molecule has 8 aromatic rings. The van der Waals surface area contributed by atoms with Crippen LogP contribution >= 0.6 is 31.9 Å². The molecule has 23 heteroatoms. The van der Waals surface area contributed by atoms with E-state index in [-0.39, 0.29) is 11.6 Å². The molecule has 0 aliphatic heterocycles. The molecule has 18 nitrogen and oxygen atoms in total. The van der Waals surface area contributed by atoms with E-state index in [2.05, 4.69) is 69.5 Å². The van der Waals surface area contributed by atoms with Gasteiger partial charge in [-0.2, -0.15) is 24.8 Å². The van der Waals surface area contributed by atoms with Crippen LogP contribution in [0.25, 0.3) is 22.5 Å². The van der Waals surface area contributed by atoms with E-state index in [1.807, 2.05) is 57.4 Å². The topological polar surface area (TPSA) is 213 Å². The molecule has 1 N–H and O–H groups in total. The standard InChI is InChI=1S/C26H26BrFN6O3.C21H25FN4O.C5H2BrFN2O2/c1-3-32-15-19(8-18-11-30-33(14-18)13-17-4-5-17)25(31-32)22-7-6-21(28)10-23(22)16(2)37-24-9-20(27)12-29-26(24)34(35)36;1-3-25-13-17(8-16-10-23-26(12-16)11-15-4-5-15)21(24-25)19-7-6-18(22)9-20(19)14(2)27;6-3-1-4(7)5(8-2-3)9(10)11/h6-7,9-12,14-17H,3-5,8,13H2,1-2H3;6-7,9-10,12-15,27H,3-5,8,11H2,1-2H3;1-2H/t16-;14-;/m11./s1. The van der Waals surface area contributed by atoms with Gasteiger partial charge < -0.3 is 30.1 Å². The Bertz CT molecular complexity index is 3320. The maximum atomic E-state index is 14.4. The lowest BCUT2D eigenvalue weighted by Gasteiger charge is -2.18. The van der Waals surface area contributed by atoms with Crippen molar-refractivity contribution < 1.29 is 32.9 Å². The predicted octanol–water partition coefficient (Wildman–Crippen LogP) is 12.0. The molecule has 392 valence electrons. The molecule has 10 rings (SSSR count). The number of halogens is 5. The number of nitrogens with zero attached hydrogens (tertiary/aromatic N) is 12. The molecule has 2 aliphatic carbocycles.